The van der Waals surface area contributed by atoms with E-state index in [0.29, 0.717) is 11.5 Å². The van der Waals surface area contributed by atoms with Gasteiger partial charge in [-0.25, -0.2) is 4.79 Å². The highest BCUT2D eigenvalue weighted by Gasteiger charge is 2.38. The first-order chi connectivity index (χ1) is 13.2. The molecule has 1 aromatic heterocycles. The summed E-state index contributed by atoms with van der Waals surface area (Å²) in [5, 5.41) is 12.7. The first-order valence-electron chi connectivity index (χ1n) is 9.03. The SMILES string of the molecule is Cn1nc(C(F)(F)F)c(C=C(C(=O)O)c2ccc(C3CCCCC3)cc2)c1Cl. The maximum atomic E-state index is 13.2. The van der Waals surface area contributed by atoms with Crippen molar-refractivity contribution in [2.75, 3.05) is 0 Å². The van der Waals surface area contributed by atoms with E-state index in [1.54, 1.807) is 12.1 Å². The molecule has 0 radical (unpaired) electrons. The zero-order valence-electron chi connectivity index (χ0n) is 15.3. The number of halogens is 4. The van der Waals surface area contributed by atoms with Gasteiger partial charge in [0.1, 0.15) is 5.15 Å². The standard InChI is InChI=1S/C20H20ClF3N2O2/c1-26-18(21)16(17(25-26)20(22,23)24)11-15(19(27)28)14-9-7-13(8-10-14)12-5-3-2-4-6-12/h7-12H,2-6H2,1H3,(H,27,28). The Hall–Kier alpha value is -2.28. The van der Waals surface area contributed by atoms with E-state index >= 15 is 0 Å². The topological polar surface area (TPSA) is 55.1 Å². The summed E-state index contributed by atoms with van der Waals surface area (Å²) in [7, 11) is 1.27. The van der Waals surface area contributed by atoms with Crippen molar-refractivity contribution < 1.29 is 23.1 Å². The molecule has 1 aliphatic carbocycles. The van der Waals surface area contributed by atoms with Crippen LogP contribution in [0.5, 0.6) is 0 Å². The lowest BCUT2D eigenvalue weighted by molar-refractivity contribution is -0.141. The maximum Gasteiger partial charge on any atom is 0.435 e. The number of carboxylic acids is 1. The van der Waals surface area contributed by atoms with E-state index in [1.165, 1.54) is 26.3 Å². The number of carboxylic acid groups (broad SMARTS) is 1. The second-order valence-electron chi connectivity index (χ2n) is 6.99. The number of hydrogen-bond acceptors (Lipinski definition) is 2. The van der Waals surface area contributed by atoms with E-state index in [2.05, 4.69) is 5.10 Å². The Kier molecular flexibility index (Phi) is 5.84. The zero-order chi connectivity index (χ0) is 20.5. The van der Waals surface area contributed by atoms with Crippen molar-refractivity contribution in [1.82, 2.24) is 9.78 Å². The monoisotopic (exact) mass is 412 g/mol. The minimum atomic E-state index is -4.74. The predicted octanol–water partition coefficient (Wildman–Crippen LogP) is 5.77. The molecule has 150 valence electrons. The van der Waals surface area contributed by atoms with E-state index in [1.807, 2.05) is 12.1 Å². The lowest BCUT2D eigenvalue weighted by Crippen LogP contribution is -2.09. The van der Waals surface area contributed by atoms with Crippen molar-refractivity contribution >= 4 is 29.2 Å². The van der Waals surface area contributed by atoms with Gasteiger partial charge in [-0.1, -0.05) is 55.1 Å². The molecule has 4 nitrogen and oxygen atoms in total. The van der Waals surface area contributed by atoms with E-state index in [0.717, 1.165) is 29.2 Å². The van der Waals surface area contributed by atoms with E-state index in [4.69, 9.17) is 11.6 Å². The summed E-state index contributed by atoms with van der Waals surface area (Å²) < 4.78 is 40.6. The summed E-state index contributed by atoms with van der Waals surface area (Å²) in [4.78, 5) is 11.8. The lowest BCUT2D eigenvalue weighted by atomic mass is 9.83. The number of aliphatic carboxylic acids is 1. The van der Waals surface area contributed by atoms with Gasteiger partial charge in [0.15, 0.2) is 5.69 Å². The third-order valence-electron chi connectivity index (χ3n) is 5.10. The lowest BCUT2D eigenvalue weighted by Gasteiger charge is -2.22. The molecular weight excluding hydrogens is 393 g/mol. The van der Waals surface area contributed by atoms with Crippen LogP contribution < -0.4 is 0 Å². The second kappa shape index (κ2) is 7.99. The minimum Gasteiger partial charge on any atom is -0.478 e. The molecule has 1 aliphatic rings. The van der Waals surface area contributed by atoms with E-state index in [9.17, 15) is 23.1 Å². The Balaban J connectivity index is 2.00. The average molecular weight is 413 g/mol. The molecule has 1 saturated carbocycles. The molecule has 0 atom stereocenters. The Labute approximate surface area is 165 Å². The molecular formula is C20H20ClF3N2O2. The molecule has 3 rings (SSSR count). The molecule has 8 heteroatoms. The van der Waals surface area contributed by atoms with Gasteiger partial charge in [-0.3, -0.25) is 4.68 Å². The quantitative estimate of drug-likeness (QED) is 0.649. The van der Waals surface area contributed by atoms with Crippen molar-refractivity contribution in [3.63, 3.8) is 0 Å². The van der Waals surface area contributed by atoms with Crippen LogP contribution >= 0.6 is 11.6 Å². The highest BCUT2D eigenvalue weighted by molar-refractivity contribution is 6.32. The van der Waals surface area contributed by atoms with Crippen molar-refractivity contribution in [2.45, 2.75) is 44.2 Å². The summed E-state index contributed by atoms with van der Waals surface area (Å²) in [6, 6.07) is 7.00. The highest BCUT2D eigenvalue weighted by Crippen LogP contribution is 2.37. The molecule has 0 amide bonds. The molecule has 28 heavy (non-hydrogen) atoms. The number of benzene rings is 1. The summed E-state index contributed by atoms with van der Waals surface area (Å²) in [6.45, 7) is 0. The summed E-state index contributed by atoms with van der Waals surface area (Å²) in [5.41, 5.74) is -0.484. The van der Waals surface area contributed by atoms with Gasteiger partial charge >= 0.3 is 12.1 Å². The molecule has 1 aromatic carbocycles. The van der Waals surface area contributed by atoms with E-state index < -0.39 is 23.4 Å². The van der Waals surface area contributed by atoms with Gasteiger partial charge < -0.3 is 5.11 Å². The normalized spacial score (nSPS) is 16.4. The van der Waals surface area contributed by atoms with Crippen LogP contribution in [0, 0.1) is 0 Å². The van der Waals surface area contributed by atoms with Gasteiger partial charge in [-0.2, -0.15) is 18.3 Å². The van der Waals surface area contributed by atoms with Crippen molar-refractivity contribution in [2.24, 2.45) is 7.05 Å². The number of aryl methyl sites for hydroxylation is 1. The molecule has 0 unspecified atom stereocenters. The molecule has 0 spiro atoms. The molecule has 2 aromatic rings. The molecule has 0 saturated heterocycles. The average Bonchev–Trinajstić information content (AvgIpc) is 2.95. The van der Waals surface area contributed by atoms with Gasteiger partial charge in [-0.05, 0) is 36.0 Å². The maximum absolute atomic E-state index is 13.2. The number of carbonyl (C=O) groups is 1. The Bertz CT molecular complexity index is 895. The number of alkyl halides is 3. The van der Waals surface area contributed by atoms with Gasteiger partial charge in [0, 0.05) is 12.6 Å². The smallest absolute Gasteiger partial charge is 0.435 e. The number of rotatable bonds is 4. The zero-order valence-corrected chi connectivity index (χ0v) is 16.0. The van der Waals surface area contributed by atoms with Crippen LogP contribution in [0.4, 0.5) is 13.2 Å². The number of hydrogen-bond donors (Lipinski definition) is 1. The first kappa shape index (κ1) is 20.5. The summed E-state index contributed by atoms with van der Waals surface area (Å²) >= 11 is 5.95. The van der Waals surface area contributed by atoms with Crippen molar-refractivity contribution in [3.05, 3.63) is 51.8 Å². The predicted molar refractivity (Wildman–Crippen MR) is 101 cm³/mol. The fourth-order valence-electron chi connectivity index (χ4n) is 3.64. The van der Waals surface area contributed by atoms with Crippen LogP contribution in [0.25, 0.3) is 11.6 Å². The first-order valence-corrected chi connectivity index (χ1v) is 9.41. The number of aromatic nitrogens is 2. The second-order valence-corrected chi connectivity index (χ2v) is 7.35. The third-order valence-corrected chi connectivity index (χ3v) is 5.55. The molecule has 1 N–H and O–H groups in total. The molecule has 0 bridgehead atoms. The van der Waals surface area contributed by atoms with Crippen LogP contribution in [-0.2, 0) is 18.0 Å². The van der Waals surface area contributed by atoms with Gasteiger partial charge in [0.2, 0.25) is 0 Å². The van der Waals surface area contributed by atoms with Crippen LogP contribution in [0.2, 0.25) is 5.15 Å². The van der Waals surface area contributed by atoms with Crippen molar-refractivity contribution in [1.29, 1.82) is 0 Å². The van der Waals surface area contributed by atoms with Gasteiger partial charge in [0.05, 0.1) is 5.57 Å². The van der Waals surface area contributed by atoms with Gasteiger partial charge in [-0.15, -0.1) is 0 Å². The van der Waals surface area contributed by atoms with Crippen LogP contribution in [0.3, 0.4) is 0 Å². The molecule has 0 aliphatic heterocycles. The third kappa shape index (κ3) is 4.24. The van der Waals surface area contributed by atoms with Gasteiger partial charge in [0.25, 0.3) is 0 Å². The Morgan fingerprint density at radius 1 is 1.21 bits per heavy atom. The summed E-state index contributed by atoms with van der Waals surface area (Å²) in [6.07, 6.45) is 1.97. The minimum absolute atomic E-state index is 0.268. The van der Waals surface area contributed by atoms with E-state index in [-0.39, 0.29) is 10.7 Å². The highest BCUT2D eigenvalue weighted by atomic mass is 35.5. The fraction of sp³-hybridized carbons (Fsp3) is 0.400. The Morgan fingerprint density at radius 2 is 1.82 bits per heavy atom. The van der Waals surface area contributed by atoms with Crippen LogP contribution in [-0.4, -0.2) is 20.9 Å². The largest absolute Gasteiger partial charge is 0.478 e. The van der Waals surface area contributed by atoms with Crippen LogP contribution in [0.1, 0.15) is 60.4 Å². The molecule has 1 fully saturated rings. The summed E-state index contributed by atoms with van der Waals surface area (Å²) in [5.74, 6) is -0.886. The molecule has 1 heterocycles. The van der Waals surface area contributed by atoms with Crippen LogP contribution in [0.15, 0.2) is 24.3 Å². The Morgan fingerprint density at radius 3 is 2.36 bits per heavy atom. The van der Waals surface area contributed by atoms with Crippen molar-refractivity contribution in [3.8, 4) is 0 Å². The fourth-order valence-corrected chi connectivity index (χ4v) is 3.82. The number of nitrogens with zero attached hydrogens (tertiary/aromatic N) is 2.